The summed E-state index contributed by atoms with van der Waals surface area (Å²) in [7, 11) is 0.816. The lowest BCUT2D eigenvalue weighted by atomic mass is 9.79. The maximum atomic E-state index is 11.9. The number of carbonyl (C=O) groups is 2. The SMILES string of the molecule is COC(=O)CCC(=O)Nc1cccc(B2OC(C)(C)C(C)(C)O2)c1. The van der Waals surface area contributed by atoms with Gasteiger partial charge in [0.25, 0.3) is 0 Å². The number of rotatable bonds is 5. The highest BCUT2D eigenvalue weighted by Crippen LogP contribution is 2.36. The predicted octanol–water partition coefficient (Wildman–Crippen LogP) is 1.88. The molecule has 6 nitrogen and oxygen atoms in total. The lowest BCUT2D eigenvalue weighted by Crippen LogP contribution is -2.41. The van der Waals surface area contributed by atoms with Crippen LogP contribution >= 0.6 is 0 Å². The molecule has 1 amide bonds. The summed E-state index contributed by atoms with van der Waals surface area (Å²) in [4.78, 5) is 23.0. The van der Waals surface area contributed by atoms with Crippen molar-refractivity contribution >= 4 is 30.1 Å². The number of carbonyl (C=O) groups excluding carboxylic acids is 2. The van der Waals surface area contributed by atoms with E-state index in [-0.39, 0.29) is 18.7 Å². The van der Waals surface area contributed by atoms with Crippen molar-refractivity contribution in [3.63, 3.8) is 0 Å². The molecule has 24 heavy (non-hydrogen) atoms. The lowest BCUT2D eigenvalue weighted by Gasteiger charge is -2.32. The molecule has 0 radical (unpaired) electrons. The summed E-state index contributed by atoms with van der Waals surface area (Å²) in [5, 5.41) is 2.77. The van der Waals surface area contributed by atoms with Crippen molar-refractivity contribution in [3.05, 3.63) is 24.3 Å². The van der Waals surface area contributed by atoms with E-state index in [4.69, 9.17) is 9.31 Å². The molecule has 0 atom stereocenters. The Bertz CT molecular complexity index is 613. The number of esters is 1. The zero-order valence-electron chi connectivity index (χ0n) is 14.8. The average molecular weight is 333 g/mol. The Morgan fingerprint density at radius 3 is 2.33 bits per heavy atom. The van der Waals surface area contributed by atoms with Crippen LogP contribution in [0.3, 0.4) is 0 Å². The van der Waals surface area contributed by atoms with E-state index in [9.17, 15) is 9.59 Å². The van der Waals surface area contributed by atoms with Gasteiger partial charge in [0.15, 0.2) is 0 Å². The summed E-state index contributed by atoms with van der Waals surface area (Å²) in [6, 6.07) is 7.32. The third kappa shape index (κ3) is 4.16. The molecule has 0 aromatic heterocycles. The Morgan fingerprint density at radius 2 is 1.75 bits per heavy atom. The summed E-state index contributed by atoms with van der Waals surface area (Å²) in [5.41, 5.74) is 0.631. The van der Waals surface area contributed by atoms with E-state index in [0.717, 1.165) is 5.46 Å². The van der Waals surface area contributed by atoms with Crippen molar-refractivity contribution < 1.29 is 23.6 Å². The monoisotopic (exact) mass is 333 g/mol. The largest absolute Gasteiger partial charge is 0.494 e. The fourth-order valence-corrected chi connectivity index (χ4v) is 2.28. The van der Waals surface area contributed by atoms with Gasteiger partial charge in [0.2, 0.25) is 5.91 Å². The topological polar surface area (TPSA) is 73.9 Å². The highest BCUT2D eigenvalue weighted by Gasteiger charge is 2.51. The minimum Gasteiger partial charge on any atom is -0.469 e. The third-order valence-corrected chi connectivity index (χ3v) is 4.48. The quantitative estimate of drug-likeness (QED) is 0.658. The fourth-order valence-electron chi connectivity index (χ4n) is 2.28. The van der Waals surface area contributed by atoms with Crippen molar-refractivity contribution in [3.8, 4) is 0 Å². The minimum absolute atomic E-state index is 0.0548. The molecular weight excluding hydrogens is 309 g/mol. The molecule has 0 saturated carbocycles. The van der Waals surface area contributed by atoms with Crippen LogP contribution in [0.4, 0.5) is 5.69 Å². The van der Waals surface area contributed by atoms with Crippen LogP contribution in [0.2, 0.25) is 0 Å². The molecule has 1 fully saturated rings. The number of methoxy groups -OCH3 is 1. The molecule has 7 heteroatoms. The first-order chi connectivity index (χ1) is 11.1. The highest BCUT2D eigenvalue weighted by atomic mass is 16.7. The number of benzene rings is 1. The van der Waals surface area contributed by atoms with Crippen LogP contribution in [0, 0.1) is 0 Å². The van der Waals surface area contributed by atoms with Gasteiger partial charge in [-0.15, -0.1) is 0 Å². The van der Waals surface area contributed by atoms with Gasteiger partial charge in [-0.2, -0.15) is 0 Å². The maximum absolute atomic E-state index is 11.9. The minimum atomic E-state index is -0.484. The second-order valence-corrected chi connectivity index (χ2v) is 6.84. The van der Waals surface area contributed by atoms with E-state index in [1.165, 1.54) is 7.11 Å². The first kappa shape index (κ1) is 18.5. The molecule has 1 heterocycles. The smallest absolute Gasteiger partial charge is 0.469 e. The van der Waals surface area contributed by atoms with E-state index in [0.29, 0.717) is 5.69 Å². The Hall–Kier alpha value is -1.86. The van der Waals surface area contributed by atoms with Crippen LogP contribution in [0.25, 0.3) is 0 Å². The van der Waals surface area contributed by atoms with Crippen LogP contribution in [0.15, 0.2) is 24.3 Å². The molecule has 0 spiro atoms. The number of hydrogen-bond donors (Lipinski definition) is 1. The van der Waals surface area contributed by atoms with Crippen LogP contribution in [-0.2, 0) is 23.6 Å². The zero-order chi connectivity index (χ0) is 18.0. The van der Waals surface area contributed by atoms with E-state index in [1.807, 2.05) is 45.9 Å². The zero-order valence-corrected chi connectivity index (χ0v) is 14.8. The van der Waals surface area contributed by atoms with Gasteiger partial charge in [0, 0.05) is 12.1 Å². The Labute approximate surface area is 143 Å². The predicted molar refractivity (Wildman–Crippen MR) is 92.0 cm³/mol. The van der Waals surface area contributed by atoms with Gasteiger partial charge >= 0.3 is 13.1 Å². The van der Waals surface area contributed by atoms with Gasteiger partial charge in [0.1, 0.15) is 0 Å². The van der Waals surface area contributed by atoms with Crippen molar-refractivity contribution in [1.82, 2.24) is 0 Å². The normalized spacial score (nSPS) is 18.3. The van der Waals surface area contributed by atoms with Gasteiger partial charge in [-0.25, -0.2) is 0 Å². The third-order valence-electron chi connectivity index (χ3n) is 4.48. The molecule has 1 N–H and O–H groups in total. The van der Waals surface area contributed by atoms with Crippen molar-refractivity contribution in [2.24, 2.45) is 0 Å². The Morgan fingerprint density at radius 1 is 1.12 bits per heavy atom. The van der Waals surface area contributed by atoms with E-state index in [1.54, 1.807) is 6.07 Å². The van der Waals surface area contributed by atoms with Crippen LogP contribution < -0.4 is 10.8 Å². The summed E-state index contributed by atoms with van der Waals surface area (Å²) < 4.78 is 16.5. The van der Waals surface area contributed by atoms with Crippen LogP contribution in [0.1, 0.15) is 40.5 Å². The molecule has 0 bridgehead atoms. The average Bonchev–Trinajstić information content (AvgIpc) is 2.73. The first-order valence-corrected chi connectivity index (χ1v) is 7.97. The van der Waals surface area contributed by atoms with Gasteiger partial charge in [0.05, 0.1) is 24.7 Å². The number of ether oxygens (including phenoxy) is 1. The number of amides is 1. The van der Waals surface area contributed by atoms with Gasteiger partial charge in [-0.3, -0.25) is 9.59 Å². The lowest BCUT2D eigenvalue weighted by molar-refractivity contribution is -0.141. The molecule has 2 rings (SSSR count). The molecule has 0 aliphatic carbocycles. The molecule has 130 valence electrons. The number of nitrogens with one attached hydrogen (secondary N) is 1. The van der Waals surface area contributed by atoms with Crippen molar-refractivity contribution in [1.29, 1.82) is 0 Å². The summed E-state index contributed by atoms with van der Waals surface area (Å²) >= 11 is 0. The molecule has 1 aliphatic heterocycles. The summed E-state index contributed by atoms with van der Waals surface area (Å²) in [5.74, 6) is -0.650. The van der Waals surface area contributed by atoms with Gasteiger partial charge in [-0.05, 0) is 45.3 Å². The van der Waals surface area contributed by atoms with Crippen LogP contribution in [-0.4, -0.2) is 37.3 Å². The van der Waals surface area contributed by atoms with Crippen molar-refractivity contribution in [2.45, 2.75) is 51.7 Å². The second-order valence-electron chi connectivity index (χ2n) is 6.84. The van der Waals surface area contributed by atoms with E-state index < -0.39 is 24.3 Å². The van der Waals surface area contributed by atoms with Crippen LogP contribution in [0.5, 0.6) is 0 Å². The summed E-state index contributed by atoms with van der Waals surface area (Å²) in [6.45, 7) is 7.97. The maximum Gasteiger partial charge on any atom is 0.494 e. The van der Waals surface area contributed by atoms with E-state index in [2.05, 4.69) is 10.1 Å². The standard InChI is InChI=1S/C17H24BNO5/c1-16(2)17(3,4)24-18(23-16)12-7-6-8-13(11-12)19-14(20)9-10-15(21)22-5/h6-8,11H,9-10H2,1-5H3,(H,19,20). The number of anilines is 1. The highest BCUT2D eigenvalue weighted by molar-refractivity contribution is 6.62. The molecule has 0 unspecified atom stereocenters. The Balaban J connectivity index is 2.02. The first-order valence-electron chi connectivity index (χ1n) is 7.97. The van der Waals surface area contributed by atoms with Gasteiger partial charge < -0.3 is 19.4 Å². The summed E-state index contributed by atoms with van der Waals surface area (Å²) in [6.07, 6.45) is 0.132. The molecule has 1 aromatic carbocycles. The Kier molecular flexibility index (Phi) is 5.35. The molecule has 1 saturated heterocycles. The molecule has 1 aliphatic rings. The van der Waals surface area contributed by atoms with E-state index >= 15 is 0 Å². The van der Waals surface area contributed by atoms with Gasteiger partial charge in [-0.1, -0.05) is 12.1 Å². The molecule has 1 aromatic rings. The number of hydrogen-bond acceptors (Lipinski definition) is 5. The second kappa shape index (κ2) is 6.95. The fraction of sp³-hybridized carbons (Fsp3) is 0.529. The van der Waals surface area contributed by atoms with Crippen molar-refractivity contribution in [2.75, 3.05) is 12.4 Å². The molecular formula is C17H24BNO5.